The summed E-state index contributed by atoms with van der Waals surface area (Å²) in [7, 11) is 0. The van der Waals surface area contributed by atoms with E-state index in [-0.39, 0.29) is 5.97 Å². The second kappa shape index (κ2) is 10.0. The molecule has 1 aliphatic rings. The van der Waals surface area contributed by atoms with Crippen molar-refractivity contribution < 1.29 is 9.53 Å². The van der Waals surface area contributed by atoms with Gasteiger partial charge in [0, 0.05) is 42.9 Å². The van der Waals surface area contributed by atoms with Gasteiger partial charge in [-0.05, 0) is 36.6 Å². The zero-order valence-corrected chi connectivity index (χ0v) is 17.9. The Labute approximate surface area is 175 Å². The van der Waals surface area contributed by atoms with Crippen LogP contribution in [0.25, 0.3) is 0 Å². The molecule has 0 amide bonds. The minimum absolute atomic E-state index is 0.350. The van der Waals surface area contributed by atoms with Crippen LogP contribution < -0.4 is 10.6 Å². The summed E-state index contributed by atoms with van der Waals surface area (Å²) in [6.07, 6.45) is 0.463. The van der Waals surface area contributed by atoms with E-state index < -0.39 is 6.04 Å². The number of esters is 1. The number of carbonyl (C=O) groups excluding carboxylic acids is 1. The van der Waals surface area contributed by atoms with E-state index >= 15 is 0 Å². The Balaban J connectivity index is 1.55. The van der Waals surface area contributed by atoms with E-state index in [4.69, 9.17) is 10.5 Å². The fourth-order valence-corrected chi connectivity index (χ4v) is 4.00. The molecule has 6 heteroatoms. The van der Waals surface area contributed by atoms with Gasteiger partial charge in [0.1, 0.15) is 6.04 Å². The Bertz CT molecular complexity index is 777. The minimum Gasteiger partial charge on any atom is -0.465 e. The molecule has 1 fully saturated rings. The summed E-state index contributed by atoms with van der Waals surface area (Å²) in [6.45, 7) is 7.23. The van der Waals surface area contributed by atoms with Crippen molar-refractivity contribution in [3.63, 3.8) is 0 Å². The summed E-state index contributed by atoms with van der Waals surface area (Å²) in [6, 6.07) is 16.3. The molecule has 150 valence electrons. The first kappa shape index (κ1) is 20.8. The molecule has 0 radical (unpaired) electrons. The molecule has 1 heterocycles. The first-order valence-corrected chi connectivity index (χ1v) is 10.6. The third-order valence-electron chi connectivity index (χ3n) is 5.05. The van der Waals surface area contributed by atoms with Crippen LogP contribution in [0.3, 0.4) is 0 Å². The minimum atomic E-state index is -0.636. The summed E-state index contributed by atoms with van der Waals surface area (Å²) in [5.74, 6) is -0.354. The highest BCUT2D eigenvalue weighted by Gasteiger charge is 2.20. The lowest BCUT2D eigenvalue weighted by molar-refractivity contribution is -0.144. The van der Waals surface area contributed by atoms with E-state index in [0.717, 1.165) is 42.8 Å². The Kier molecular flexibility index (Phi) is 7.48. The summed E-state index contributed by atoms with van der Waals surface area (Å²) in [5, 5.41) is 0. The van der Waals surface area contributed by atoms with Crippen molar-refractivity contribution in [3.05, 3.63) is 64.1 Å². The highest BCUT2D eigenvalue weighted by Crippen LogP contribution is 2.26. The third-order valence-corrected chi connectivity index (χ3v) is 5.79. The van der Waals surface area contributed by atoms with Gasteiger partial charge in [0.15, 0.2) is 0 Å². The van der Waals surface area contributed by atoms with Gasteiger partial charge >= 0.3 is 5.97 Å². The van der Waals surface area contributed by atoms with E-state index in [1.54, 1.807) is 6.92 Å². The standard InChI is InChI=1S/C22H28BrN3O2/c1-2-28-22(27)21(24)14-18-8-9-19(15-20(18)23)26-12-10-25(11-13-26)16-17-6-4-3-5-7-17/h3-9,15,21H,2,10-14,16,24H2,1H3. The number of carbonyl (C=O) groups is 1. The molecule has 2 N–H and O–H groups in total. The van der Waals surface area contributed by atoms with Gasteiger partial charge in [0.05, 0.1) is 6.61 Å². The lowest BCUT2D eigenvalue weighted by Crippen LogP contribution is -2.46. The lowest BCUT2D eigenvalue weighted by Gasteiger charge is -2.36. The molecule has 1 aliphatic heterocycles. The first-order chi connectivity index (χ1) is 13.6. The Hall–Kier alpha value is -1.89. The van der Waals surface area contributed by atoms with Gasteiger partial charge in [0.25, 0.3) is 0 Å². The van der Waals surface area contributed by atoms with Crippen molar-refractivity contribution in [1.29, 1.82) is 0 Å². The van der Waals surface area contributed by atoms with E-state index in [0.29, 0.717) is 13.0 Å². The van der Waals surface area contributed by atoms with Crippen LogP contribution in [0.2, 0.25) is 0 Å². The highest BCUT2D eigenvalue weighted by atomic mass is 79.9. The van der Waals surface area contributed by atoms with Gasteiger partial charge in [-0.1, -0.05) is 52.3 Å². The second-order valence-electron chi connectivity index (χ2n) is 7.09. The average Bonchev–Trinajstić information content (AvgIpc) is 2.71. The van der Waals surface area contributed by atoms with E-state index in [9.17, 15) is 4.79 Å². The number of hydrogen-bond acceptors (Lipinski definition) is 5. The first-order valence-electron chi connectivity index (χ1n) is 9.78. The number of ether oxygens (including phenoxy) is 1. The fraction of sp³-hybridized carbons (Fsp3) is 0.409. The largest absolute Gasteiger partial charge is 0.465 e. The third kappa shape index (κ3) is 5.56. The van der Waals surface area contributed by atoms with Crippen LogP contribution in [0.15, 0.2) is 53.0 Å². The predicted molar refractivity (Wildman–Crippen MR) is 116 cm³/mol. The van der Waals surface area contributed by atoms with Crippen molar-refractivity contribution >= 4 is 27.6 Å². The predicted octanol–water partition coefficient (Wildman–Crippen LogP) is 3.20. The number of anilines is 1. The van der Waals surface area contributed by atoms with Crippen molar-refractivity contribution in [3.8, 4) is 0 Å². The molecular formula is C22H28BrN3O2. The molecule has 2 aromatic carbocycles. The van der Waals surface area contributed by atoms with Crippen molar-refractivity contribution in [2.45, 2.75) is 25.9 Å². The molecule has 0 spiro atoms. The number of rotatable bonds is 7. The van der Waals surface area contributed by atoms with E-state index in [2.05, 4.69) is 74.3 Å². The molecular weight excluding hydrogens is 418 g/mol. The van der Waals surface area contributed by atoms with Crippen LogP contribution in [0.1, 0.15) is 18.1 Å². The molecule has 0 bridgehead atoms. The number of hydrogen-bond donors (Lipinski definition) is 1. The van der Waals surface area contributed by atoms with Crippen LogP contribution in [0.4, 0.5) is 5.69 Å². The summed E-state index contributed by atoms with van der Waals surface area (Å²) >= 11 is 3.64. The lowest BCUT2D eigenvalue weighted by atomic mass is 10.1. The quantitative estimate of drug-likeness (QED) is 0.662. The molecule has 1 atom stereocenters. The maximum Gasteiger partial charge on any atom is 0.323 e. The topological polar surface area (TPSA) is 58.8 Å². The van der Waals surface area contributed by atoms with Gasteiger partial charge in [-0.15, -0.1) is 0 Å². The van der Waals surface area contributed by atoms with Crippen LogP contribution in [-0.2, 0) is 22.5 Å². The zero-order chi connectivity index (χ0) is 19.9. The van der Waals surface area contributed by atoms with Crippen molar-refractivity contribution in [2.24, 2.45) is 5.73 Å². The van der Waals surface area contributed by atoms with Crippen LogP contribution in [-0.4, -0.2) is 49.7 Å². The number of nitrogens with two attached hydrogens (primary N) is 1. The molecule has 28 heavy (non-hydrogen) atoms. The number of nitrogens with zero attached hydrogens (tertiary/aromatic N) is 2. The van der Waals surface area contributed by atoms with E-state index in [1.807, 2.05) is 0 Å². The number of benzene rings is 2. The maximum absolute atomic E-state index is 11.8. The van der Waals surface area contributed by atoms with Crippen LogP contribution >= 0.6 is 15.9 Å². The smallest absolute Gasteiger partial charge is 0.323 e. The second-order valence-corrected chi connectivity index (χ2v) is 7.94. The molecule has 0 saturated carbocycles. The fourth-order valence-electron chi connectivity index (χ4n) is 3.47. The molecule has 0 aliphatic carbocycles. The number of piperazine rings is 1. The van der Waals surface area contributed by atoms with Crippen molar-refractivity contribution in [2.75, 3.05) is 37.7 Å². The summed E-state index contributed by atoms with van der Waals surface area (Å²) in [5.41, 5.74) is 9.53. The van der Waals surface area contributed by atoms with E-state index in [1.165, 1.54) is 11.3 Å². The highest BCUT2D eigenvalue weighted by molar-refractivity contribution is 9.10. The van der Waals surface area contributed by atoms with Gasteiger partial charge in [-0.25, -0.2) is 0 Å². The SMILES string of the molecule is CCOC(=O)C(N)Cc1ccc(N2CCN(Cc3ccccc3)CC2)cc1Br. The molecule has 5 nitrogen and oxygen atoms in total. The monoisotopic (exact) mass is 445 g/mol. The van der Waals surface area contributed by atoms with Gasteiger partial charge < -0.3 is 15.4 Å². The van der Waals surface area contributed by atoms with Crippen LogP contribution in [0.5, 0.6) is 0 Å². The van der Waals surface area contributed by atoms with Gasteiger partial charge in [0.2, 0.25) is 0 Å². The average molecular weight is 446 g/mol. The maximum atomic E-state index is 11.8. The molecule has 1 unspecified atom stereocenters. The Morgan fingerprint density at radius 2 is 1.86 bits per heavy atom. The Morgan fingerprint density at radius 1 is 1.14 bits per heavy atom. The van der Waals surface area contributed by atoms with Crippen LogP contribution in [0, 0.1) is 0 Å². The zero-order valence-electron chi connectivity index (χ0n) is 16.3. The molecule has 1 saturated heterocycles. The normalized spacial score (nSPS) is 16.0. The van der Waals surface area contributed by atoms with Gasteiger partial charge in [-0.2, -0.15) is 0 Å². The molecule has 0 aromatic heterocycles. The molecule has 3 rings (SSSR count). The Morgan fingerprint density at radius 3 is 2.50 bits per heavy atom. The summed E-state index contributed by atoms with van der Waals surface area (Å²) < 4.78 is 5.98. The summed E-state index contributed by atoms with van der Waals surface area (Å²) in [4.78, 5) is 16.7. The number of halogens is 1. The molecule has 2 aromatic rings. The van der Waals surface area contributed by atoms with Crippen molar-refractivity contribution in [1.82, 2.24) is 4.90 Å². The van der Waals surface area contributed by atoms with Gasteiger partial charge in [-0.3, -0.25) is 9.69 Å².